The van der Waals surface area contributed by atoms with E-state index in [1.165, 1.54) is 18.4 Å². The van der Waals surface area contributed by atoms with Crippen molar-refractivity contribution in [2.75, 3.05) is 18.6 Å². The topological polar surface area (TPSA) is 59.5 Å². The first-order chi connectivity index (χ1) is 10.6. The van der Waals surface area contributed by atoms with Gasteiger partial charge in [0.15, 0.2) is 0 Å². The summed E-state index contributed by atoms with van der Waals surface area (Å²) in [6.45, 7) is 2.51. The number of aromatic nitrogens is 1. The number of aryl methyl sites for hydroxylation is 1. The first kappa shape index (κ1) is 14.7. The van der Waals surface area contributed by atoms with Crippen LogP contribution in [0.2, 0.25) is 0 Å². The maximum atomic E-state index is 12.7. The highest BCUT2D eigenvalue weighted by Crippen LogP contribution is 2.31. The number of ether oxygens (including phenoxy) is 1. The van der Waals surface area contributed by atoms with Crippen LogP contribution in [0.4, 0.5) is 5.69 Å². The molecule has 0 N–H and O–H groups in total. The standard InChI is InChI=1S/C16H16N2O3S/c1-10-17-13(9-22-10)15(19)18-8-4-6-11-12(16(20)21-2)5-3-7-14(11)18/h3,5,7,9H,4,6,8H2,1-2H3. The van der Waals surface area contributed by atoms with Crippen LogP contribution in [0.3, 0.4) is 0 Å². The number of thiazole rings is 1. The quantitative estimate of drug-likeness (QED) is 0.799. The molecule has 0 bridgehead atoms. The summed E-state index contributed by atoms with van der Waals surface area (Å²) < 4.78 is 4.83. The SMILES string of the molecule is COC(=O)c1cccc2c1CCCN2C(=O)c1csc(C)n1. The van der Waals surface area contributed by atoms with Crippen molar-refractivity contribution < 1.29 is 14.3 Å². The highest BCUT2D eigenvalue weighted by Gasteiger charge is 2.28. The zero-order valence-electron chi connectivity index (χ0n) is 12.5. The van der Waals surface area contributed by atoms with E-state index in [-0.39, 0.29) is 11.9 Å². The average Bonchev–Trinajstić information content (AvgIpc) is 2.98. The van der Waals surface area contributed by atoms with E-state index in [1.54, 1.807) is 22.4 Å². The molecule has 22 heavy (non-hydrogen) atoms. The second-order valence-corrected chi connectivity index (χ2v) is 6.17. The van der Waals surface area contributed by atoms with Crippen molar-refractivity contribution in [3.05, 3.63) is 45.4 Å². The minimum absolute atomic E-state index is 0.118. The van der Waals surface area contributed by atoms with Crippen LogP contribution in [0, 0.1) is 6.92 Å². The van der Waals surface area contributed by atoms with Crippen LogP contribution in [-0.4, -0.2) is 30.5 Å². The number of anilines is 1. The second kappa shape index (κ2) is 5.88. The number of esters is 1. The van der Waals surface area contributed by atoms with Gasteiger partial charge in [-0.3, -0.25) is 4.79 Å². The maximum absolute atomic E-state index is 12.7. The third-order valence-corrected chi connectivity index (χ3v) is 4.51. The Morgan fingerprint density at radius 3 is 2.86 bits per heavy atom. The predicted octanol–water partition coefficient (Wildman–Crippen LogP) is 2.83. The van der Waals surface area contributed by atoms with Crippen molar-refractivity contribution in [1.29, 1.82) is 0 Å². The Bertz CT molecular complexity index is 739. The van der Waals surface area contributed by atoms with E-state index in [9.17, 15) is 9.59 Å². The molecule has 6 heteroatoms. The molecule has 0 unspecified atom stereocenters. The van der Waals surface area contributed by atoms with E-state index in [2.05, 4.69) is 4.98 Å². The van der Waals surface area contributed by atoms with Gasteiger partial charge in [-0.1, -0.05) is 6.07 Å². The van der Waals surface area contributed by atoms with Crippen molar-refractivity contribution in [2.24, 2.45) is 0 Å². The molecule has 0 saturated carbocycles. The number of carbonyl (C=O) groups excluding carboxylic acids is 2. The van der Waals surface area contributed by atoms with Crippen molar-refractivity contribution in [1.82, 2.24) is 4.98 Å². The van der Waals surface area contributed by atoms with E-state index in [4.69, 9.17) is 4.74 Å². The van der Waals surface area contributed by atoms with Crippen LogP contribution < -0.4 is 4.90 Å². The number of hydrogen-bond acceptors (Lipinski definition) is 5. The molecule has 0 aliphatic carbocycles. The summed E-state index contributed by atoms with van der Waals surface area (Å²) in [5, 5.41) is 2.64. The minimum Gasteiger partial charge on any atom is -0.465 e. The summed E-state index contributed by atoms with van der Waals surface area (Å²) >= 11 is 1.46. The summed E-state index contributed by atoms with van der Waals surface area (Å²) in [6.07, 6.45) is 1.58. The fourth-order valence-corrected chi connectivity index (χ4v) is 3.32. The lowest BCUT2D eigenvalue weighted by molar-refractivity contribution is 0.0599. The number of hydrogen-bond donors (Lipinski definition) is 0. The van der Waals surface area contributed by atoms with Gasteiger partial charge in [0.1, 0.15) is 5.69 Å². The first-order valence-electron chi connectivity index (χ1n) is 7.06. The zero-order valence-corrected chi connectivity index (χ0v) is 13.3. The van der Waals surface area contributed by atoms with Gasteiger partial charge in [-0.25, -0.2) is 9.78 Å². The van der Waals surface area contributed by atoms with Crippen molar-refractivity contribution in [3.63, 3.8) is 0 Å². The molecule has 0 atom stereocenters. The fourth-order valence-electron chi connectivity index (χ4n) is 2.74. The van der Waals surface area contributed by atoms with Crippen LogP contribution in [0.1, 0.15) is 37.8 Å². The van der Waals surface area contributed by atoms with E-state index >= 15 is 0 Å². The molecule has 3 rings (SSSR count). The lowest BCUT2D eigenvalue weighted by Gasteiger charge is -2.30. The lowest BCUT2D eigenvalue weighted by atomic mass is 9.96. The molecule has 2 heterocycles. The minimum atomic E-state index is -0.365. The van der Waals surface area contributed by atoms with E-state index in [0.29, 0.717) is 17.8 Å². The number of rotatable bonds is 2. The predicted molar refractivity (Wildman–Crippen MR) is 84.6 cm³/mol. The van der Waals surface area contributed by atoms with Crippen LogP contribution in [0.5, 0.6) is 0 Å². The monoisotopic (exact) mass is 316 g/mol. The number of methoxy groups -OCH3 is 1. The third-order valence-electron chi connectivity index (χ3n) is 3.74. The molecule has 1 aromatic carbocycles. The molecule has 0 spiro atoms. The van der Waals surface area contributed by atoms with Crippen molar-refractivity contribution >= 4 is 28.9 Å². The Kier molecular flexibility index (Phi) is 3.94. The molecule has 1 aliphatic heterocycles. The largest absolute Gasteiger partial charge is 0.465 e. The molecule has 0 fully saturated rings. The lowest BCUT2D eigenvalue weighted by Crippen LogP contribution is -2.36. The van der Waals surface area contributed by atoms with Gasteiger partial charge in [-0.05, 0) is 37.5 Å². The Hall–Kier alpha value is -2.21. The van der Waals surface area contributed by atoms with Gasteiger partial charge < -0.3 is 9.64 Å². The summed E-state index contributed by atoms with van der Waals surface area (Å²) in [5.41, 5.74) is 2.65. The van der Waals surface area contributed by atoms with Gasteiger partial charge in [-0.15, -0.1) is 11.3 Å². The number of benzene rings is 1. The number of amides is 1. The van der Waals surface area contributed by atoms with E-state index in [1.807, 2.05) is 13.0 Å². The summed E-state index contributed by atoms with van der Waals surface area (Å²) in [6, 6.07) is 5.40. The first-order valence-corrected chi connectivity index (χ1v) is 7.94. The van der Waals surface area contributed by atoms with Crippen LogP contribution in [-0.2, 0) is 11.2 Å². The maximum Gasteiger partial charge on any atom is 0.338 e. The van der Waals surface area contributed by atoms with Crippen LogP contribution >= 0.6 is 11.3 Å². The van der Waals surface area contributed by atoms with Gasteiger partial charge >= 0.3 is 5.97 Å². The van der Waals surface area contributed by atoms with Crippen molar-refractivity contribution in [3.8, 4) is 0 Å². The van der Waals surface area contributed by atoms with Crippen molar-refractivity contribution in [2.45, 2.75) is 19.8 Å². The number of nitrogens with zero attached hydrogens (tertiary/aromatic N) is 2. The number of fused-ring (bicyclic) bond motifs is 1. The molecule has 2 aromatic rings. The average molecular weight is 316 g/mol. The Labute approximate surface area is 132 Å². The van der Waals surface area contributed by atoms with Gasteiger partial charge in [0.25, 0.3) is 5.91 Å². The highest BCUT2D eigenvalue weighted by molar-refractivity contribution is 7.09. The molecular formula is C16H16N2O3S. The van der Waals surface area contributed by atoms with Crippen LogP contribution in [0.25, 0.3) is 0 Å². The Balaban J connectivity index is 2.01. The Morgan fingerprint density at radius 2 is 2.18 bits per heavy atom. The van der Waals surface area contributed by atoms with E-state index < -0.39 is 0 Å². The second-order valence-electron chi connectivity index (χ2n) is 5.11. The fraction of sp³-hybridized carbons (Fsp3) is 0.312. The van der Waals surface area contributed by atoms with Crippen LogP contribution in [0.15, 0.2) is 23.6 Å². The molecular weight excluding hydrogens is 300 g/mol. The molecule has 5 nitrogen and oxygen atoms in total. The Morgan fingerprint density at radius 1 is 1.36 bits per heavy atom. The molecule has 1 aliphatic rings. The number of carbonyl (C=O) groups is 2. The smallest absolute Gasteiger partial charge is 0.338 e. The van der Waals surface area contributed by atoms with Gasteiger partial charge in [0.2, 0.25) is 0 Å². The zero-order chi connectivity index (χ0) is 15.7. The summed E-state index contributed by atoms with van der Waals surface area (Å²) in [4.78, 5) is 30.6. The summed E-state index contributed by atoms with van der Waals surface area (Å²) in [7, 11) is 1.37. The summed E-state index contributed by atoms with van der Waals surface area (Å²) in [5.74, 6) is -0.483. The molecule has 1 amide bonds. The third kappa shape index (κ3) is 2.50. The van der Waals surface area contributed by atoms with Gasteiger partial charge in [0, 0.05) is 17.6 Å². The van der Waals surface area contributed by atoms with Gasteiger partial charge in [-0.2, -0.15) is 0 Å². The molecule has 0 saturated heterocycles. The molecule has 114 valence electrons. The highest BCUT2D eigenvalue weighted by atomic mass is 32.1. The van der Waals surface area contributed by atoms with E-state index in [0.717, 1.165) is 29.1 Å². The van der Waals surface area contributed by atoms with Gasteiger partial charge in [0.05, 0.1) is 17.7 Å². The molecule has 0 radical (unpaired) electrons. The molecule has 1 aromatic heterocycles. The normalized spacial score (nSPS) is 13.6.